The van der Waals surface area contributed by atoms with Gasteiger partial charge in [-0.2, -0.15) is 0 Å². The number of aryl methyl sites for hydroxylation is 2. The van der Waals surface area contributed by atoms with Crippen LogP contribution < -0.4 is 5.32 Å². The first kappa shape index (κ1) is 15.8. The number of likely N-dealkylation sites (tertiary alicyclic amines) is 1. The fraction of sp³-hybridized carbons (Fsp3) is 0.625. The molecule has 0 bridgehead atoms. The molecule has 3 atom stereocenters. The van der Waals surface area contributed by atoms with Gasteiger partial charge in [-0.1, -0.05) is 6.92 Å². The minimum atomic E-state index is -0.305. The third-order valence-corrected chi connectivity index (χ3v) is 4.69. The number of rotatable bonds is 3. The van der Waals surface area contributed by atoms with E-state index in [4.69, 9.17) is 0 Å². The highest BCUT2D eigenvalue weighted by molar-refractivity contribution is 5.60. The zero-order valence-corrected chi connectivity index (χ0v) is 13.5. The van der Waals surface area contributed by atoms with Crippen molar-refractivity contribution in [2.24, 2.45) is 5.92 Å². The highest BCUT2D eigenvalue weighted by Gasteiger charge is 2.29. The van der Waals surface area contributed by atoms with Crippen molar-refractivity contribution in [3.63, 3.8) is 0 Å². The fourth-order valence-electron chi connectivity index (χ4n) is 3.14. The molecular weight excluding hydrogens is 266 g/mol. The number of hydrogen-bond donors (Lipinski definition) is 1. The summed E-state index contributed by atoms with van der Waals surface area (Å²) in [7, 11) is 2.15. The maximum Gasteiger partial charge on any atom is 0.274 e. The Morgan fingerprint density at radius 3 is 2.57 bits per heavy atom. The quantitative estimate of drug-likeness (QED) is 0.685. The van der Waals surface area contributed by atoms with Crippen LogP contribution in [0.2, 0.25) is 0 Å². The molecule has 1 saturated heterocycles. The molecule has 1 N–H and O–H groups in total. The Labute approximate surface area is 126 Å². The van der Waals surface area contributed by atoms with Crippen molar-refractivity contribution in [1.29, 1.82) is 0 Å². The summed E-state index contributed by atoms with van der Waals surface area (Å²) in [5.74, 6) is 0.519. The van der Waals surface area contributed by atoms with Crippen molar-refractivity contribution in [2.45, 2.75) is 46.2 Å². The Morgan fingerprint density at radius 1 is 1.29 bits per heavy atom. The average molecular weight is 291 g/mol. The summed E-state index contributed by atoms with van der Waals surface area (Å²) in [6.07, 6.45) is 1.05. The first-order valence-corrected chi connectivity index (χ1v) is 7.52. The minimum Gasteiger partial charge on any atom is -0.382 e. The molecule has 0 amide bonds. The van der Waals surface area contributed by atoms with Crippen molar-refractivity contribution >= 4 is 11.4 Å². The third kappa shape index (κ3) is 3.35. The Kier molecular flexibility index (Phi) is 4.52. The van der Waals surface area contributed by atoms with Crippen LogP contribution in [0.25, 0.3) is 0 Å². The number of benzene rings is 1. The van der Waals surface area contributed by atoms with Crippen LogP contribution in [0.5, 0.6) is 0 Å². The van der Waals surface area contributed by atoms with Gasteiger partial charge in [0.2, 0.25) is 0 Å². The largest absolute Gasteiger partial charge is 0.382 e. The molecule has 1 fully saturated rings. The smallest absolute Gasteiger partial charge is 0.274 e. The summed E-state index contributed by atoms with van der Waals surface area (Å²) >= 11 is 0. The summed E-state index contributed by atoms with van der Waals surface area (Å²) in [4.78, 5) is 13.2. The van der Waals surface area contributed by atoms with E-state index in [1.807, 2.05) is 13.0 Å². The van der Waals surface area contributed by atoms with Gasteiger partial charge in [0.1, 0.15) is 0 Å². The van der Waals surface area contributed by atoms with E-state index in [1.165, 1.54) is 0 Å². The van der Waals surface area contributed by atoms with Gasteiger partial charge in [0.15, 0.2) is 0 Å². The van der Waals surface area contributed by atoms with Gasteiger partial charge >= 0.3 is 0 Å². The molecule has 0 saturated carbocycles. The van der Waals surface area contributed by atoms with Crippen molar-refractivity contribution in [1.82, 2.24) is 4.90 Å². The van der Waals surface area contributed by atoms with Gasteiger partial charge in [-0.15, -0.1) is 0 Å². The van der Waals surface area contributed by atoms with Gasteiger partial charge < -0.3 is 10.2 Å². The summed E-state index contributed by atoms with van der Waals surface area (Å²) in [6.45, 7) is 9.30. The monoisotopic (exact) mass is 291 g/mol. The Morgan fingerprint density at radius 2 is 1.95 bits per heavy atom. The van der Waals surface area contributed by atoms with Crippen molar-refractivity contribution in [2.75, 3.05) is 18.9 Å². The Hall–Kier alpha value is -1.62. The number of hydrogen-bond acceptors (Lipinski definition) is 4. The van der Waals surface area contributed by atoms with Crippen LogP contribution in [0.4, 0.5) is 11.4 Å². The normalized spacial score (nSPS) is 26.6. The number of nitro benzene ring substituents is 1. The van der Waals surface area contributed by atoms with Crippen molar-refractivity contribution < 1.29 is 4.92 Å². The second-order valence-corrected chi connectivity index (χ2v) is 6.46. The van der Waals surface area contributed by atoms with Crippen LogP contribution in [0.1, 0.15) is 31.4 Å². The summed E-state index contributed by atoms with van der Waals surface area (Å²) in [5, 5.41) is 14.6. The van der Waals surface area contributed by atoms with E-state index in [1.54, 1.807) is 13.0 Å². The summed E-state index contributed by atoms with van der Waals surface area (Å²) in [5.41, 5.74) is 2.86. The first-order valence-electron chi connectivity index (χ1n) is 7.52. The number of nitrogens with zero attached hydrogens (tertiary/aromatic N) is 2. The predicted octanol–water partition coefficient (Wildman–Crippen LogP) is 3.35. The minimum absolute atomic E-state index is 0.191. The zero-order chi connectivity index (χ0) is 15.7. The molecule has 0 spiro atoms. The van der Waals surface area contributed by atoms with Gasteiger partial charge in [-0.05, 0) is 51.8 Å². The molecule has 1 aliphatic rings. The number of nitrogens with one attached hydrogen (secondary N) is 1. The molecule has 0 aromatic heterocycles. The molecule has 3 unspecified atom stereocenters. The Bertz CT molecular complexity index is 545. The van der Waals surface area contributed by atoms with Gasteiger partial charge in [-0.25, -0.2) is 0 Å². The molecule has 1 aromatic rings. The zero-order valence-electron chi connectivity index (χ0n) is 13.5. The standard InChI is InChI=1S/C16H25N3O2/c1-10-6-11(2)16(19(20)21)8-15(10)17-14-7-13(4)18(5)9-12(14)3/h6,8,12-14,17H,7,9H2,1-5H3. The lowest BCUT2D eigenvalue weighted by Gasteiger charge is -2.40. The molecule has 2 rings (SSSR count). The van der Waals surface area contributed by atoms with E-state index in [0.29, 0.717) is 23.6 Å². The van der Waals surface area contributed by atoms with Crippen molar-refractivity contribution in [3.05, 3.63) is 33.4 Å². The van der Waals surface area contributed by atoms with E-state index in [0.717, 1.165) is 24.2 Å². The van der Waals surface area contributed by atoms with E-state index in [-0.39, 0.29) is 10.6 Å². The molecule has 21 heavy (non-hydrogen) atoms. The molecule has 5 heteroatoms. The lowest BCUT2D eigenvalue weighted by molar-refractivity contribution is -0.385. The maximum atomic E-state index is 11.1. The topological polar surface area (TPSA) is 58.4 Å². The van der Waals surface area contributed by atoms with Crippen LogP contribution in [0.15, 0.2) is 12.1 Å². The maximum absolute atomic E-state index is 11.1. The van der Waals surface area contributed by atoms with Crippen LogP contribution in [0, 0.1) is 29.9 Å². The molecule has 1 aromatic carbocycles. The van der Waals surface area contributed by atoms with Crippen LogP contribution in [-0.4, -0.2) is 35.5 Å². The van der Waals surface area contributed by atoms with E-state index in [2.05, 4.69) is 31.1 Å². The SMILES string of the molecule is Cc1cc(C)c([N+](=O)[O-])cc1NC1CC(C)N(C)CC1C. The molecule has 116 valence electrons. The molecular formula is C16H25N3O2. The second-order valence-electron chi connectivity index (χ2n) is 6.46. The molecule has 1 aliphatic heterocycles. The highest BCUT2D eigenvalue weighted by atomic mass is 16.6. The van der Waals surface area contributed by atoms with Crippen LogP contribution >= 0.6 is 0 Å². The molecule has 0 radical (unpaired) electrons. The summed E-state index contributed by atoms with van der Waals surface area (Å²) in [6, 6.07) is 4.46. The third-order valence-electron chi connectivity index (χ3n) is 4.69. The van der Waals surface area contributed by atoms with E-state index in [9.17, 15) is 10.1 Å². The number of piperidine rings is 1. The lowest BCUT2D eigenvalue weighted by atomic mass is 9.89. The summed E-state index contributed by atoms with van der Waals surface area (Å²) < 4.78 is 0. The van der Waals surface area contributed by atoms with Crippen molar-refractivity contribution in [3.8, 4) is 0 Å². The van der Waals surface area contributed by atoms with Gasteiger partial charge in [0.05, 0.1) is 4.92 Å². The molecule has 0 aliphatic carbocycles. The second kappa shape index (κ2) is 6.02. The van der Waals surface area contributed by atoms with Gasteiger partial charge in [-0.3, -0.25) is 10.1 Å². The van der Waals surface area contributed by atoms with Gasteiger partial charge in [0, 0.05) is 35.9 Å². The Balaban J connectivity index is 2.23. The molecule has 1 heterocycles. The fourth-order valence-corrected chi connectivity index (χ4v) is 3.14. The number of nitro groups is 1. The average Bonchev–Trinajstić information content (AvgIpc) is 2.38. The van der Waals surface area contributed by atoms with E-state index < -0.39 is 0 Å². The number of anilines is 1. The van der Waals surface area contributed by atoms with Crippen LogP contribution in [0.3, 0.4) is 0 Å². The molecule has 5 nitrogen and oxygen atoms in total. The first-order chi connectivity index (χ1) is 9.79. The van der Waals surface area contributed by atoms with Crippen LogP contribution in [-0.2, 0) is 0 Å². The van der Waals surface area contributed by atoms with E-state index >= 15 is 0 Å². The highest BCUT2D eigenvalue weighted by Crippen LogP contribution is 2.30. The predicted molar refractivity (Wildman–Crippen MR) is 85.9 cm³/mol. The lowest BCUT2D eigenvalue weighted by Crippen LogP contribution is -2.48. The van der Waals surface area contributed by atoms with Gasteiger partial charge in [0.25, 0.3) is 5.69 Å².